The summed E-state index contributed by atoms with van der Waals surface area (Å²) >= 11 is 0. The monoisotopic (exact) mass is 184 g/mol. The molecule has 0 aliphatic carbocycles. The highest BCUT2D eigenvalue weighted by atomic mass is 16.5. The van der Waals surface area contributed by atoms with Gasteiger partial charge in [0.1, 0.15) is 0 Å². The lowest BCUT2D eigenvalue weighted by Crippen LogP contribution is -2.10. The molecule has 76 valence electrons. The third-order valence-corrected chi connectivity index (χ3v) is 2.38. The molecular weight excluding hydrogens is 164 g/mol. The van der Waals surface area contributed by atoms with Crippen LogP contribution in [0.4, 0.5) is 0 Å². The first kappa shape index (κ1) is 12.2. The van der Waals surface area contributed by atoms with Crippen LogP contribution in [0.15, 0.2) is 12.7 Å². The Hall–Kier alpha value is -0.790. The molecule has 0 saturated carbocycles. The predicted molar refractivity (Wildman–Crippen MR) is 54.4 cm³/mol. The lowest BCUT2D eigenvalue weighted by molar-refractivity contribution is -0.143. The number of esters is 1. The first-order valence-electron chi connectivity index (χ1n) is 4.90. The van der Waals surface area contributed by atoms with Gasteiger partial charge < -0.3 is 4.74 Å². The lowest BCUT2D eigenvalue weighted by atomic mass is 9.92. The molecule has 0 fully saturated rings. The predicted octanol–water partition coefficient (Wildman–Crippen LogP) is 2.79. The molecule has 0 bridgehead atoms. The summed E-state index contributed by atoms with van der Waals surface area (Å²) in [5.41, 5.74) is 0. The summed E-state index contributed by atoms with van der Waals surface area (Å²) in [6.45, 7) is 10.3. The summed E-state index contributed by atoms with van der Waals surface area (Å²) < 4.78 is 4.84. The van der Waals surface area contributed by atoms with E-state index >= 15 is 0 Å². The second kappa shape index (κ2) is 6.70. The molecule has 0 heterocycles. The van der Waals surface area contributed by atoms with Crippen molar-refractivity contribution >= 4 is 5.97 Å². The minimum atomic E-state index is -0.0920. The van der Waals surface area contributed by atoms with Crippen LogP contribution >= 0.6 is 0 Å². The number of carbonyl (C=O) groups is 1. The fourth-order valence-corrected chi connectivity index (χ4v) is 1.07. The first-order chi connectivity index (χ1) is 6.11. The average molecular weight is 184 g/mol. The van der Waals surface area contributed by atoms with Gasteiger partial charge in [0.05, 0.1) is 6.61 Å². The Balaban J connectivity index is 3.62. The molecule has 13 heavy (non-hydrogen) atoms. The van der Waals surface area contributed by atoms with Crippen molar-refractivity contribution in [2.24, 2.45) is 11.8 Å². The summed E-state index contributed by atoms with van der Waals surface area (Å²) in [4.78, 5) is 11.0. The van der Waals surface area contributed by atoms with Crippen LogP contribution in [-0.4, -0.2) is 12.6 Å². The maximum absolute atomic E-state index is 11.0. The highest BCUT2D eigenvalue weighted by Gasteiger charge is 2.11. The molecule has 0 aromatic rings. The van der Waals surface area contributed by atoms with Crippen LogP contribution < -0.4 is 0 Å². The van der Waals surface area contributed by atoms with E-state index in [0.717, 1.165) is 6.42 Å². The summed E-state index contributed by atoms with van der Waals surface area (Å²) in [6, 6.07) is 0. The minimum absolute atomic E-state index is 0.0920. The second-order valence-electron chi connectivity index (χ2n) is 3.42. The highest BCUT2D eigenvalue weighted by molar-refractivity contribution is 5.69. The molecule has 0 aromatic heterocycles. The standard InChI is InChI=1S/C11H20O2/c1-5-9(3)10(4)7-8-11(12)13-6-2/h5,9-10H,1,6-8H2,2-4H3/t9-,10-/m0/s1. The molecule has 0 aliphatic heterocycles. The van der Waals surface area contributed by atoms with Crippen molar-refractivity contribution in [3.63, 3.8) is 0 Å². The third kappa shape index (κ3) is 5.45. The Kier molecular flexibility index (Phi) is 6.29. The van der Waals surface area contributed by atoms with Crippen molar-refractivity contribution < 1.29 is 9.53 Å². The third-order valence-electron chi connectivity index (χ3n) is 2.38. The van der Waals surface area contributed by atoms with Crippen LogP contribution in [-0.2, 0) is 9.53 Å². The maximum atomic E-state index is 11.0. The number of rotatable bonds is 6. The van der Waals surface area contributed by atoms with Crippen molar-refractivity contribution in [3.05, 3.63) is 12.7 Å². The normalized spacial score (nSPS) is 14.7. The number of hydrogen-bond acceptors (Lipinski definition) is 2. The summed E-state index contributed by atoms with van der Waals surface area (Å²) in [5.74, 6) is 0.877. The van der Waals surface area contributed by atoms with Gasteiger partial charge in [-0.25, -0.2) is 0 Å². The SMILES string of the molecule is C=C[C@H](C)[C@@H](C)CCC(=O)OCC. The number of allylic oxidation sites excluding steroid dienone is 1. The number of hydrogen-bond donors (Lipinski definition) is 0. The van der Waals surface area contributed by atoms with E-state index < -0.39 is 0 Å². The molecule has 0 N–H and O–H groups in total. The number of ether oxygens (including phenoxy) is 1. The molecule has 0 rings (SSSR count). The van der Waals surface area contributed by atoms with Crippen LogP contribution in [0.3, 0.4) is 0 Å². The van der Waals surface area contributed by atoms with Gasteiger partial charge in [0.25, 0.3) is 0 Å². The van der Waals surface area contributed by atoms with Crippen LogP contribution in [0.1, 0.15) is 33.6 Å². The molecule has 0 radical (unpaired) electrons. The zero-order valence-electron chi connectivity index (χ0n) is 8.88. The maximum Gasteiger partial charge on any atom is 0.305 e. The van der Waals surface area contributed by atoms with Gasteiger partial charge in [-0.1, -0.05) is 19.9 Å². The highest BCUT2D eigenvalue weighted by Crippen LogP contribution is 2.17. The average Bonchev–Trinajstić information content (AvgIpc) is 2.13. The van der Waals surface area contributed by atoms with Gasteiger partial charge in [-0.2, -0.15) is 0 Å². The van der Waals surface area contributed by atoms with Gasteiger partial charge in [-0.3, -0.25) is 4.79 Å². The molecule has 0 aromatic carbocycles. The lowest BCUT2D eigenvalue weighted by Gasteiger charge is -2.15. The summed E-state index contributed by atoms with van der Waals surface area (Å²) in [6.07, 6.45) is 3.33. The largest absolute Gasteiger partial charge is 0.466 e. The van der Waals surface area contributed by atoms with Gasteiger partial charge in [0.2, 0.25) is 0 Å². The second-order valence-corrected chi connectivity index (χ2v) is 3.42. The smallest absolute Gasteiger partial charge is 0.305 e. The molecule has 0 amide bonds. The molecule has 2 heteroatoms. The quantitative estimate of drug-likeness (QED) is 0.468. The van der Waals surface area contributed by atoms with E-state index in [1.807, 2.05) is 13.0 Å². The van der Waals surface area contributed by atoms with E-state index in [-0.39, 0.29) is 5.97 Å². The number of carbonyl (C=O) groups excluding carboxylic acids is 1. The van der Waals surface area contributed by atoms with Crippen LogP contribution in [0, 0.1) is 11.8 Å². The Bertz CT molecular complexity index is 163. The molecule has 2 nitrogen and oxygen atoms in total. The van der Waals surface area contributed by atoms with Crippen molar-refractivity contribution in [1.29, 1.82) is 0 Å². The fraction of sp³-hybridized carbons (Fsp3) is 0.727. The molecule has 0 saturated heterocycles. The van der Waals surface area contributed by atoms with Gasteiger partial charge in [0.15, 0.2) is 0 Å². The molecular formula is C11H20O2. The van der Waals surface area contributed by atoms with E-state index in [0.29, 0.717) is 24.9 Å². The Morgan fingerprint density at radius 2 is 2.15 bits per heavy atom. The molecule has 0 unspecified atom stereocenters. The molecule has 0 aliphatic rings. The van der Waals surface area contributed by atoms with Crippen molar-refractivity contribution in [1.82, 2.24) is 0 Å². The fourth-order valence-electron chi connectivity index (χ4n) is 1.07. The van der Waals surface area contributed by atoms with Crippen molar-refractivity contribution in [2.45, 2.75) is 33.6 Å². The first-order valence-corrected chi connectivity index (χ1v) is 4.90. The van der Waals surface area contributed by atoms with E-state index in [1.165, 1.54) is 0 Å². The summed E-state index contributed by atoms with van der Waals surface area (Å²) in [5, 5.41) is 0. The van der Waals surface area contributed by atoms with E-state index in [1.54, 1.807) is 0 Å². The zero-order valence-corrected chi connectivity index (χ0v) is 8.88. The molecule has 0 spiro atoms. The van der Waals surface area contributed by atoms with E-state index in [9.17, 15) is 4.79 Å². The Morgan fingerprint density at radius 1 is 1.54 bits per heavy atom. The van der Waals surface area contributed by atoms with Gasteiger partial charge >= 0.3 is 5.97 Å². The Labute approximate surface area is 81.0 Å². The zero-order chi connectivity index (χ0) is 10.3. The van der Waals surface area contributed by atoms with Crippen molar-refractivity contribution in [2.75, 3.05) is 6.61 Å². The van der Waals surface area contributed by atoms with E-state index in [4.69, 9.17) is 4.74 Å². The van der Waals surface area contributed by atoms with Crippen LogP contribution in [0.5, 0.6) is 0 Å². The van der Waals surface area contributed by atoms with Gasteiger partial charge in [0, 0.05) is 6.42 Å². The summed E-state index contributed by atoms with van der Waals surface area (Å²) in [7, 11) is 0. The molecule has 2 atom stereocenters. The van der Waals surface area contributed by atoms with Crippen LogP contribution in [0.25, 0.3) is 0 Å². The topological polar surface area (TPSA) is 26.3 Å². The van der Waals surface area contributed by atoms with Crippen molar-refractivity contribution in [3.8, 4) is 0 Å². The Morgan fingerprint density at radius 3 is 2.62 bits per heavy atom. The van der Waals surface area contributed by atoms with E-state index in [2.05, 4.69) is 20.4 Å². The van der Waals surface area contributed by atoms with Gasteiger partial charge in [-0.05, 0) is 25.2 Å². The van der Waals surface area contributed by atoms with Gasteiger partial charge in [-0.15, -0.1) is 6.58 Å². The minimum Gasteiger partial charge on any atom is -0.466 e. The van der Waals surface area contributed by atoms with Crippen LogP contribution in [0.2, 0.25) is 0 Å².